The number of thiophene rings is 1. The van der Waals surface area contributed by atoms with Crippen LogP contribution in [0.3, 0.4) is 0 Å². The highest BCUT2D eigenvalue weighted by Crippen LogP contribution is 2.37. The number of hydrogen-bond acceptors (Lipinski definition) is 4. The lowest BCUT2D eigenvalue weighted by atomic mass is 9.97. The van der Waals surface area contributed by atoms with E-state index in [0.29, 0.717) is 12.5 Å². The minimum atomic E-state index is -0.215. The minimum absolute atomic E-state index is 0.0790. The van der Waals surface area contributed by atoms with Crippen LogP contribution in [0.5, 0.6) is 0 Å². The molecule has 0 saturated heterocycles. The van der Waals surface area contributed by atoms with E-state index in [1.165, 1.54) is 20.5 Å². The van der Waals surface area contributed by atoms with Gasteiger partial charge in [-0.05, 0) is 41.0 Å². The van der Waals surface area contributed by atoms with Crippen LogP contribution in [0.4, 0.5) is 0 Å². The topological polar surface area (TPSA) is 38.1 Å². The van der Waals surface area contributed by atoms with Crippen LogP contribution in [0.15, 0.2) is 89.7 Å². The van der Waals surface area contributed by atoms with Crippen molar-refractivity contribution in [2.45, 2.75) is 66.1 Å². The summed E-state index contributed by atoms with van der Waals surface area (Å²) in [6.07, 6.45) is 0.801. The molecule has 0 N–H and O–H groups in total. The molecule has 0 saturated carbocycles. The highest BCUT2D eigenvalue weighted by molar-refractivity contribution is 7.19. The van der Waals surface area contributed by atoms with E-state index in [1.807, 2.05) is 73.1 Å². The fraction of sp³-hybridized carbons (Fsp3) is 0.314. The number of rotatable bonds is 6. The van der Waals surface area contributed by atoms with Crippen molar-refractivity contribution in [2.24, 2.45) is 0 Å². The maximum absolute atomic E-state index is 14.2. The molecule has 3 aromatic carbocycles. The highest BCUT2D eigenvalue weighted by Gasteiger charge is 2.28. The predicted octanol–water partition coefficient (Wildman–Crippen LogP) is 8.11. The van der Waals surface area contributed by atoms with Crippen LogP contribution in [-0.2, 0) is 19.5 Å². The Morgan fingerprint density at radius 1 is 0.875 bits per heavy atom. The molecule has 5 heteroatoms. The first-order valence-corrected chi connectivity index (χ1v) is 15.3. The molecular weight excluding hydrogens is 510 g/mol. The Bertz CT molecular complexity index is 1600. The maximum atomic E-state index is 14.2. The lowest BCUT2D eigenvalue weighted by Crippen LogP contribution is -2.40. The van der Waals surface area contributed by atoms with E-state index in [4.69, 9.17) is 4.98 Å². The number of nitrogens with zero attached hydrogens (tertiary/aromatic N) is 3. The van der Waals surface area contributed by atoms with Crippen LogP contribution in [0, 0.1) is 6.92 Å². The minimum Gasteiger partial charge on any atom is -0.293 e. The van der Waals surface area contributed by atoms with E-state index in [0.717, 1.165) is 47.7 Å². The fourth-order valence-corrected chi connectivity index (χ4v) is 7.34. The Morgan fingerprint density at radius 2 is 1.48 bits per heavy atom. The second-order valence-corrected chi connectivity index (χ2v) is 11.7. The van der Waals surface area contributed by atoms with Gasteiger partial charge in [0.2, 0.25) is 0 Å². The molecule has 6 rings (SSSR count). The molecule has 0 amide bonds. The van der Waals surface area contributed by atoms with Crippen molar-refractivity contribution in [1.29, 1.82) is 0 Å². The van der Waals surface area contributed by atoms with Crippen molar-refractivity contribution < 1.29 is 0 Å². The SMILES string of the molecule is CC.Cc1nc2c(c(=O)n1C(c1ccccc1)c1ccccc1)CN(Cc1sc3ccccc3c1C(C)C)CC2. The van der Waals surface area contributed by atoms with Crippen molar-refractivity contribution >= 4 is 21.4 Å². The summed E-state index contributed by atoms with van der Waals surface area (Å²) in [5.41, 5.74) is 5.50. The van der Waals surface area contributed by atoms with Gasteiger partial charge in [-0.1, -0.05) is 107 Å². The number of hydrogen-bond donors (Lipinski definition) is 0. The van der Waals surface area contributed by atoms with Gasteiger partial charge in [-0.3, -0.25) is 14.3 Å². The van der Waals surface area contributed by atoms with Gasteiger partial charge in [0.1, 0.15) is 5.82 Å². The van der Waals surface area contributed by atoms with E-state index in [-0.39, 0.29) is 11.6 Å². The standard InChI is InChI=1S/C33H33N3OS.C2H6/c1-22(2)31-26-16-10-11-17-29(26)38-30(31)21-35-19-18-28-27(20-35)33(37)36(23(3)34-28)32(24-12-6-4-7-13-24)25-14-8-5-9-15-25;1-2/h4-17,22,32H,18-21H2,1-3H3;1-2H3. The monoisotopic (exact) mass is 549 g/mol. The molecule has 0 atom stereocenters. The van der Waals surface area contributed by atoms with Crippen molar-refractivity contribution in [1.82, 2.24) is 14.5 Å². The number of aromatic nitrogens is 2. The molecular formula is C35H39N3OS. The zero-order chi connectivity index (χ0) is 28.2. The molecule has 4 nitrogen and oxygen atoms in total. The summed E-state index contributed by atoms with van der Waals surface area (Å²) in [6, 6.07) is 29.1. The average Bonchev–Trinajstić information content (AvgIpc) is 3.35. The van der Waals surface area contributed by atoms with Crippen LogP contribution in [0.1, 0.15) is 78.3 Å². The summed E-state index contributed by atoms with van der Waals surface area (Å²) in [7, 11) is 0. The Labute approximate surface area is 242 Å². The Morgan fingerprint density at radius 3 is 2.10 bits per heavy atom. The zero-order valence-corrected chi connectivity index (χ0v) is 25.0. The lowest BCUT2D eigenvalue weighted by Gasteiger charge is -2.30. The first-order chi connectivity index (χ1) is 19.5. The molecule has 0 radical (unpaired) electrons. The summed E-state index contributed by atoms with van der Waals surface area (Å²) in [5.74, 6) is 1.23. The second-order valence-electron chi connectivity index (χ2n) is 10.5. The van der Waals surface area contributed by atoms with Gasteiger partial charge < -0.3 is 0 Å². The van der Waals surface area contributed by atoms with Crippen LogP contribution >= 0.6 is 11.3 Å². The van der Waals surface area contributed by atoms with Crippen LogP contribution < -0.4 is 5.56 Å². The first-order valence-electron chi connectivity index (χ1n) is 14.4. The third kappa shape index (κ3) is 5.41. The number of benzene rings is 3. The van der Waals surface area contributed by atoms with Gasteiger partial charge in [-0.2, -0.15) is 0 Å². The van der Waals surface area contributed by atoms with Gasteiger partial charge in [0, 0.05) is 35.6 Å². The van der Waals surface area contributed by atoms with E-state index >= 15 is 0 Å². The smallest absolute Gasteiger partial charge is 0.259 e. The van der Waals surface area contributed by atoms with Gasteiger partial charge >= 0.3 is 0 Å². The van der Waals surface area contributed by atoms with E-state index in [9.17, 15) is 4.79 Å². The lowest BCUT2D eigenvalue weighted by molar-refractivity contribution is 0.241. The average molecular weight is 550 g/mol. The first kappa shape index (κ1) is 28.0. The molecule has 1 aliphatic rings. The van der Waals surface area contributed by atoms with Crippen LogP contribution in [-0.4, -0.2) is 21.0 Å². The van der Waals surface area contributed by atoms with Gasteiger partial charge in [-0.15, -0.1) is 11.3 Å². The van der Waals surface area contributed by atoms with Crippen molar-refractivity contribution in [3.63, 3.8) is 0 Å². The van der Waals surface area contributed by atoms with Crippen LogP contribution in [0.2, 0.25) is 0 Å². The molecule has 206 valence electrons. The van der Waals surface area contributed by atoms with Crippen molar-refractivity contribution in [3.05, 3.63) is 134 Å². The number of fused-ring (bicyclic) bond motifs is 2. The summed E-state index contributed by atoms with van der Waals surface area (Å²) in [4.78, 5) is 23.1. The Hall–Kier alpha value is -3.54. The van der Waals surface area contributed by atoms with Gasteiger partial charge in [0.05, 0.1) is 17.3 Å². The molecule has 0 spiro atoms. The molecule has 2 aromatic heterocycles. The third-order valence-corrected chi connectivity index (χ3v) is 8.83. The predicted molar refractivity (Wildman–Crippen MR) is 168 cm³/mol. The van der Waals surface area contributed by atoms with E-state index in [2.05, 4.69) is 67.3 Å². The van der Waals surface area contributed by atoms with Crippen LogP contribution in [0.25, 0.3) is 10.1 Å². The molecule has 5 aromatic rings. The third-order valence-electron chi connectivity index (χ3n) is 7.66. The summed E-state index contributed by atoms with van der Waals surface area (Å²) in [5, 5.41) is 1.37. The summed E-state index contributed by atoms with van der Waals surface area (Å²) >= 11 is 1.90. The van der Waals surface area contributed by atoms with E-state index < -0.39 is 0 Å². The van der Waals surface area contributed by atoms with Gasteiger partial charge in [0.15, 0.2) is 0 Å². The second kappa shape index (κ2) is 12.3. The molecule has 0 unspecified atom stereocenters. The van der Waals surface area contributed by atoms with Gasteiger partial charge in [-0.25, -0.2) is 4.98 Å². The highest BCUT2D eigenvalue weighted by atomic mass is 32.1. The maximum Gasteiger partial charge on any atom is 0.259 e. The molecule has 1 aliphatic heterocycles. The molecule has 0 bridgehead atoms. The van der Waals surface area contributed by atoms with Crippen molar-refractivity contribution in [3.8, 4) is 0 Å². The van der Waals surface area contributed by atoms with E-state index in [1.54, 1.807) is 0 Å². The van der Waals surface area contributed by atoms with Crippen molar-refractivity contribution in [2.75, 3.05) is 6.54 Å². The normalized spacial score (nSPS) is 13.4. The molecule has 0 aliphatic carbocycles. The quantitative estimate of drug-likeness (QED) is 0.215. The summed E-state index contributed by atoms with van der Waals surface area (Å²) < 4.78 is 3.25. The van der Waals surface area contributed by atoms with Gasteiger partial charge in [0.25, 0.3) is 5.56 Å². The molecule has 3 heterocycles. The number of aryl methyl sites for hydroxylation is 1. The largest absolute Gasteiger partial charge is 0.293 e. The fourth-order valence-electron chi connectivity index (χ4n) is 5.93. The molecule has 40 heavy (non-hydrogen) atoms. The molecule has 0 fully saturated rings. The Kier molecular flexibility index (Phi) is 8.63. The summed E-state index contributed by atoms with van der Waals surface area (Å²) in [6.45, 7) is 12.9. The zero-order valence-electron chi connectivity index (χ0n) is 24.2. The Balaban J connectivity index is 0.00000158.